The normalized spacial score (nSPS) is 25.0. The summed E-state index contributed by atoms with van der Waals surface area (Å²) >= 11 is 6.22. The molecule has 0 aromatic heterocycles. The van der Waals surface area contributed by atoms with E-state index in [-0.39, 0.29) is 11.5 Å². The maximum Gasteiger partial charge on any atom is 0.126 e. The van der Waals surface area contributed by atoms with E-state index in [4.69, 9.17) is 22.1 Å². The zero-order valence-electron chi connectivity index (χ0n) is 10.1. The molecule has 2 nitrogen and oxygen atoms in total. The molecule has 2 N–H and O–H groups in total. The Hall–Kier alpha value is -0.730. The van der Waals surface area contributed by atoms with Gasteiger partial charge in [0.05, 0.1) is 0 Å². The molecule has 1 aliphatic heterocycles. The summed E-state index contributed by atoms with van der Waals surface area (Å²) in [6.45, 7) is 2.80. The van der Waals surface area contributed by atoms with E-state index < -0.39 is 0 Å². The third kappa shape index (κ3) is 1.66. The highest BCUT2D eigenvalue weighted by atomic mass is 35.5. The number of benzene rings is 1. The van der Waals surface area contributed by atoms with Crippen molar-refractivity contribution in [1.29, 1.82) is 0 Å². The quantitative estimate of drug-likeness (QED) is 0.877. The number of rotatable bonds is 2. The Kier molecular flexibility index (Phi) is 2.60. The van der Waals surface area contributed by atoms with Crippen LogP contribution in [0.3, 0.4) is 0 Å². The van der Waals surface area contributed by atoms with Crippen LogP contribution in [0.4, 0.5) is 0 Å². The molecule has 0 saturated heterocycles. The van der Waals surface area contributed by atoms with Crippen molar-refractivity contribution in [3.05, 3.63) is 28.3 Å². The summed E-state index contributed by atoms with van der Waals surface area (Å²) in [4.78, 5) is 0. The monoisotopic (exact) mass is 251 g/mol. The number of ether oxygens (including phenoxy) is 1. The van der Waals surface area contributed by atoms with Crippen LogP contribution in [0.25, 0.3) is 0 Å². The van der Waals surface area contributed by atoms with Crippen molar-refractivity contribution in [2.75, 3.05) is 6.54 Å². The van der Waals surface area contributed by atoms with E-state index >= 15 is 0 Å². The first kappa shape index (κ1) is 11.4. The lowest BCUT2D eigenvalue weighted by Gasteiger charge is -2.42. The molecule has 1 aromatic rings. The minimum atomic E-state index is 0.124. The maximum atomic E-state index is 6.22. The van der Waals surface area contributed by atoms with Crippen LogP contribution in [-0.4, -0.2) is 12.6 Å². The fourth-order valence-electron chi connectivity index (χ4n) is 3.07. The topological polar surface area (TPSA) is 35.2 Å². The summed E-state index contributed by atoms with van der Waals surface area (Å²) in [5.74, 6) is 1.06. The van der Waals surface area contributed by atoms with E-state index in [0.29, 0.717) is 6.54 Å². The minimum absolute atomic E-state index is 0.124. The van der Waals surface area contributed by atoms with E-state index in [0.717, 1.165) is 30.0 Å². The molecule has 1 fully saturated rings. The Balaban J connectivity index is 2.11. The van der Waals surface area contributed by atoms with Crippen molar-refractivity contribution < 1.29 is 4.74 Å². The molecular weight excluding hydrogens is 234 g/mol. The summed E-state index contributed by atoms with van der Waals surface area (Å²) in [7, 11) is 0. The number of hydrogen-bond donors (Lipinski definition) is 1. The molecule has 0 radical (unpaired) electrons. The molecule has 17 heavy (non-hydrogen) atoms. The van der Waals surface area contributed by atoms with Gasteiger partial charge in [-0.1, -0.05) is 18.0 Å². The summed E-state index contributed by atoms with van der Waals surface area (Å²) < 4.78 is 5.96. The molecule has 0 bridgehead atoms. The van der Waals surface area contributed by atoms with Gasteiger partial charge in [0.15, 0.2) is 0 Å². The first-order valence-electron chi connectivity index (χ1n) is 6.34. The lowest BCUT2D eigenvalue weighted by Crippen LogP contribution is -2.41. The van der Waals surface area contributed by atoms with Crippen molar-refractivity contribution in [2.45, 2.75) is 44.1 Å². The van der Waals surface area contributed by atoms with Gasteiger partial charge in [-0.25, -0.2) is 0 Å². The molecule has 1 heterocycles. The first-order valence-corrected chi connectivity index (χ1v) is 6.72. The van der Waals surface area contributed by atoms with Crippen LogP contribution in [0.5, 0.6) is 5.75 Å². The molecule has 0 spiro atoms. The fraction of sp³-hybridized carbons (Fsp3) is 0.571. The molecule has 3 heteroatoms. The van der Waals surface area contributed by atoms with Crippen LogP contribution in [-0.2, 0) is 11.8 Å². The predicted octanol–water partition coefficient (Wildman–Crippen LogP) is 3.04. The number of halogens is 1. The van der Waals surface area contributed by atoms with Crippen LogP contribution in [0.15, 0.2) is 12.1 Å². The third-order valence-electron chi connectivity index (χ3n) is 4.23. The van der Waals surface area contributed by atoms with Gasteiger partial charge in [0, 0.05) is 29.0 Å². The van der Waals surface area contributed by atoms with E-state index in [2.05, 4.69) is 13.0 Å². The van der Waals surface area contributed by atoms with E-state index in [1.54, 1.807) is 0 Å². The van der Waals surface area contributed by atoms with Gasteiger partial charge in [0.25, 0.3) is 0 Å². The van der Waals surface area contributed by atoms with Gasteiger partial charge in [-0.05, 0) is 37.5 Å². The molecule has 1 aliphatic carbocycles. The molecule has 2 aliphatic rings. The minimum Gasteiger partial charge on any atom is -0.490 e. The number of hydrogen-bond acceptors (Lipinski definition) is 2. The molecule has 1 saturated carbocycles. The van der Waals surface area contributed by atoms with Gasteiger partial charge in [-0.3, -0.25) is 0 Å². The van der Waals surface area contributed by atoms with E-state index in [1.165, 1.54) is 17.5 Å². The average molecular weight is 252 g/mol. The van der Waals surface area contributed by atoms with Gasteiger partial charge in [0.2, 0.25) is 0 Å². The summed E-state index contributed by atoms with van der Waals surface area (Å²) in [5, 5.41) is 0.816. The van der Waals surface area contributed by atoms with Gasteiger partial charge >= 0.3 is 0 Å². The molecular formula is C14H18ClNO. The third-order valence-corrected chi connectivity index (χ3v) is 4.45. The Bertz CT molecular complexity index is 448. The molecule has 1 atom stereocenters. The van der Waals surface area contributed by atoms with Gasteiger partial charge in [-0.2, -0.15) is 0 Å². The second-order valence-electron chi connectivity index (χ2n) is 5.41. The largest absolute Gasteiger partial charge is 0.490 e. The van der Waals surface area contributed by atoms with Crippen molar-refractivity contribution in [1.82, 2.24) is 0 Å². The molecule has 1 aromatic carbocycles. The van der Waals surface area contributed by atoms with Crippen molar-refractivity contribution in [3.8, 4) is 5.75 Å². The summed E-state index contributed by atoms with van der Waals surface area (Å²) in [6.07, 6.45) is 4.80. The lowest BCUT2D eigenvalue weighted by atomic mass is 9.64. The number of fused-ring (bicyclic) bond motifs is 1. The fourth-order valence-corrected chi connectivity index (χ4v) is 3.32. The van der Waals surface area contributed by atoms with Gasteiger partial charge in [-0.15, -0.1) is 0 Å². The van der Waals surface area contributed by atoms with Crippen LogP contribution >= 0.6 is 11.6 Å². The van der Waals surface area contributed by atoms with Crippen LogP contribution in [0, 0.1) is 0 Å². The highest BCUT2D eigenvalue weighted by Crippen LogP contribution is 2.49. The van der Waals surface area contributed by atoms with Gasteiger partial charge < -0.3 is 10.5 Å². The zero-order valence-corrected chi connectivity index (χ0v) is 10.9. The van der Waals surface area contributed by atoms with E-state index in [9.17, 15) is 0 Å². The van der Waals surface area contributed by atoms with Crippen molar-refractivity contribution in [3.63, 3.8) is 0 Å². The Labute approximate surface area is 107 Å². The zero-order chi connectivity index (χ0) is 12.0. The van der Waals surface area contributed by atoms with Crippen LogP contribution < -0.4 is 10.5 Å². The maximum absolute atomic E-state index is 6.22. The summed E-state index contributed by atoms with van der Waals surface area (Å²) in [5.41, 5.74) is 8.60. The summed E-state index contributed by atoms with van der Waals surface area (Å²) in [6, 6.07) is 4.09. The number of nitrogens with two attached hydrogens (primary N) is 1. The van der Waals surface area contributed by atoms with E-state index in [1.807, 2.05) is 6.07 Å². The first-order chi connectivity index (χ1) is 8.14. The molecule has 1 unspecified atom stereocenters. The molecule has 0 amide bonds. The second kappa shape index (κ2) is 3.89. The van der Waals surface area contributed by atoms with Gasteiger partial charge in [0.1, 0.15) is 11.9 Å². The molecule has 3 rings (SSSR count). The highest BCUT2D eigenvalue weighted by molar-refractivity contribution is 6.30. The van der Waals surface area contributed by atoms with Crippen molar-refractivity contribution >= 4 is 11.6 Å². The van der Waals surface area contributed by atoms with Crippen LogP contribution in [0.2, 0.25) is 5.02 Å². The lowest BCUT2D eigenvalue weighted by molar-refractivity contribution is 0.219. The predicted molar refractivity (Wildman–Crippen MR) is 69.8 cm³/mol. The Morgan fingerprint density at radius 2 is 2.24 bits per heavy atom. The highest BCUT2D eigenvalue weighted by Gasteiger charge is 2.41. The Morgan fingerprint density at radius 3 is 2.82 bits per heavy atom. The van der Waals surface area contributed by atoms with Crippen LogP contribution in [0.1, 0.15) is 37.3 Å². The molecule has 92 valence electrons. The second-order valence-corrected chi connectivity index (χ2v) is 5.85. The SMILES string of the molecule is CC1Cc2cc(Cl)cc(C3(CN)CCC3)c2O1. The average Bonchev–Trinajstić information content (AvgIpc) is 2.57. The Morgan fingerprint density at radius 1 is 1.47 bits per heavy atom. The van der Waals surface area contributed by atoms with Crippen molar-refractivity contribution in [2.24, 2.45) is 5.73 Å². The standard InChI is InChI=1S/C14H18ClNO/c1-9-5-10-6-11(15)7-12(13(10)17-9)14(8-16)3-2-4-14/h6-7,9H,2-5,8,16H2,1H3. The smallest absolute Gasteiger partial charge is 0.126 e.